The smallest absolute Gasteiger partial charge is 0.243 e. The molecule has 0 aliphatic rings. The van der Waals surface area contributed by atoms with Crippen molar-refractivity contribution in [1.29, 1.82) is 0 Å². The second-order valence-electron chi connectivity index (χ2n) is 7.51. The quantitative estimate of drug-likeness (QED) is 0.367. The maximum absolute atomic E-state index is 12.7. The van der Waals surface area contributed by atoms with Crippen molar-refractivity contribution >= 4 is 42.6 Å². The zero-order valence-electron chi connectivity index (χ0n) is 18.4. The van der Waals surface area contributed by atoms with Crippen molar-refractivity contribution in [1.82, 2.24) is 9.29 Å². The summed E-state index contributed by atoms with van der Waals surface area (Å²) in [5.74, 6) is -0.0315. The van der Waals surface area contributed by atoms with Gasteiger partial charge in [0.1, 0.15) is 0 Å². The van der Waals surface area contributed by atoms with Gasteiger partial charge in [0.15, 0.2) is 5.13 Å². The van der Waals surface area contributed by atoms with E-state index in [0.717, 1.165) is 17.5 Å². The lowest BCUT2D eigenvalue weighted by Gasteiger charge is -2.18. The van der Waals surface area contributed by atoms with Gasteiger partial charge in [-0.3, -0.25) is 4.79 Å². The zero-order valence-corrected chi connectivity index (χ0v) is 20.1. The van der Waals surface area contributed by atoms with Gasteiger partial charge in [-0.25, -0.2) is 13.4 Å². The molecule has 1 N–H and O–H groups in total. The van der Waals surface area contributed by atoms with Gasteiger partial charge in [0.2, 0.25) is 15.9 Å². The average Bonchev–Trinajstić information content (AvgIpc) is 3.12. The molecule has 1 aromatic carbocycles. The van der Waals surface area contributed by atoms with Crippen molar-refractivity contribution in [2.75, 3.05) is 18.4 Å². The van der Waals surface area contributed by atoms with Gasteiger partial charge in [0, 0.05) is 19.5 Å². The van der Waals surface area contributed by atoms with Crippen LogP contribution in [0.4, 0.5) is 5.13 Å². The van der Waals surface area contributed by atoms with Crippen molar-refractivity contribution in [3.8, 4) is 0 Å². The molecule has 0 radical (unpaired) electrons. The molecule has 1 amide bonds. The molecule has 1 heterocycles. The van der Waals surface area contributed by atoms with E-state index in [0.29, 0.717) is 30.2 Å². The van der Waals surface area contributed by atoms with Gasteiger partial charge in [-0.15, -0.1) is 0 Å². The first-order valence-corrected chi connectivity index (χ1v) is 13.4. The number of nitrogens with one attached hydrogen (secondary N) is 1. The molecule has 2 aromatic rings. The van der Waals surface area contributed by atoms with Crippen molar-refractivity contribution in [2.45, 2.75) is 83.5 Å². The summed E-state index contributed by atoms with van der Waals surface area (Å²) in [6.07, 6.45) is 10.1. The summed E-state index contributed by atoms with van der Waals surface area (Å²) >= 11 is 1.31. The first kappa shape index (κ1) is 24.8. The van der Waals surface area contributed by atoms with Gasteiger partial charge in [-0.2, -0.15) is 4.31 Å². The molecule has 168 valence electrons. The molecule has 0 aliphatic heterocycles. The fraction of sp³-hybridized carbons (Fsp3) is 0.636. The number of sulfonamides is 1. The lowest BCUT2D eigenvalue weighted by molar-refractivity contribution is -0.116. The fourth-order valence-corrected chi connectivity index (χ4v) is 5.91. The second-order valence-corrected chi connectivity index (χ2v) is 10.5. The summed E-state index contributed by atoms with van der Waals surface area (Å²) < 4.78 is 27.6. The summed E-state index contributed by atoms with van der Waals surface area (Å²) in [5.41, 5.74) is 0.695. The number of amides is 1. The lowest BCUT2D eigenvalue weighted by Crippen LogP contribution is -2.30. The Labute approximate surface area is 185 Å². The number of carbonyl (C=O) groups is 1. The van der Waals surface area contributed by atoms with E-state index in [1.54, 1.807) is 18.2 Å². The van der Waals surface area contributed by atoms with Crippen LogP contribution in [0, 0.1) is 0 Å². The third kappa shape index (κ3) is 7.03. The minimum atomic E-state index is -3.51. The maximum atomic E-state index is 12.7. The molecule has 0 unspecified atom stereocenters. The number of benzene rings is 1. The Balaban J connectivity index is 1.88. The van der Waals surface area contributed by atoms with Gasteiger partial charge in [0.05, 0.1) is 15.1 Å². The summed E-state index contributed by atoms with van der Waals surface area (Å²) in [6, 6.07) is 4.94. The Morgan fingerprint density at radius 2 is 1.63 bits per heavy atom. The number of aromatic nitrogens is 1. The molecule has 0 saturated carbocycles. The molecule has 2 rings (SSSR count). The van der Waals surface area contributed by atoms with Crippen LogP contribution in [0.5, 0.6) is 0 Å². The highest BCUT2D eigenvalue weighted by atomic mass is 32.2. The van der Waals surface area contributed by atoms with Gasteiger partial charge < -0.3 is 5.32 Å². The Bertz CT molecular complexity index is 905. The van der Waals surface area contributed by atoms with Crippen LogP contribution in [0.2, 0.25) is 0 Å². The Hall–Kier alpha value is -1.51. The SMILES string of the molecule is CCCCCCCCCCC(=O)Nc1nc2ccc(S(=O)(=O)N(CC)CC)cc2s1. The number of thiazole rings is 1. The number of anilines is 1. The first-order valence-electron chi connectivity index (χ1n) is 11.1. The molecule has 0 saturated heterocycles. The lowest BCUT2D eigenvalue weighted by atomic mass is 10.1. The van der Waals surface area contributed by atoms with Crippen molar-refractivity contribution < 1.29 is 13.2 Å². The number of nitrogens with zero attached hydrogens (tertiary/aromatic N) is 2. The monoisotopic (exact) mass is 453 g/mol. The summed E-state index contributed by atoms with van der Waals surface area (Å²) in [7, 11) is -3.51. The Morgan fingerprint density at radius 1 is 1.00 bits per heavy atom. The van der Waals surface area contributed by atoms with Crippen LogP contribution >= 0.6 is 11.3 Å². The number of carbonyl (C=O) groups excluding carboxylic acids is 1. The van der Waals surface area contributed by atoms with Crippen LogP contribution in [0.1, 0.15) is 78.6 Å². The minimum absolute atomic E-state index is 0.0315. The van der Waals surface area contributed by atoms with Gasteiger partial charge in [0.25, 0.3) is 0 Å². The second kappa shape index (κ2) is 12.4. The minimum Gasteiger partial charge on any atom is -0.302 e. The molecule has 1 aromatic heterocycles. The highest BCUT2D eigenvalue weighted by Crippen LogP contribution is 2.29. The number of hydrogen-bond donors (Lipinski definition) is 1. The van der Waals surface area contributed by atoms with Crippen molar-refractivity contribution in [2.24, 2.45) is 0 Å². The maximum Gasteiger partial charge on any atom is 0.243 e. The average molecular weight is 454 g/mol. The van der Waals surface area contributed by atoms with E-state index < -0.39 is 10.0 Å². The molecule has 30 heavy (non-hydrogen) atoms. The molecule has 8 heteroatoms. The predicted octanol–water partition coefficient (Wildman–Crippen LogP) is 5.80. The van der Waals surface area contributed by atoms with E-state index in [9.17, 15) is 13.2 Å². The first-order chi connectivity index (χ1) is 14.4. The molecule has 6 nitrogen and oxygen atoms in total. The van der Waals surface area contributed by atoms with E-state index in [2.05, 4.69) is 17.2 Å². The Kier molecular flexibility index (Phi) is 10.2. The molecule has 0 atom stereocenters. The highest BCUT2D eigenvalue weighted by Gasteiger charge is 2.22. The number of hydrogen-bond acceptors (Lipinski definition) is 5. The largest absolute Gasteiger partial charge is 0.302 e. The van der Waals surface area contributed by atoms with E-state index in [1.165, 1.54) is 54.2 Å². The molecule has 0 aliphatic carbocycles. The number of fused-ring (bicyclic) bond motifs is 1. The third-order valence-corrected chi connectivity index (χ3v) is 8.19. The summed E-state index contributed by atoms with van der Waals surface area (Å²) in [5, 5.41) is 3.38. The molecule has 0 bridgehead atoms. The zero-order chi connectivity index (χ0) is 22.0. The Morgan fingerprint density at radius 3 is 2.27 bits per heavy atom. The van der Waals surface area contributed by atoms with Crippen molar-refractivity contribution in [3.63, 3.8) is 0 Å². The molecular weight excluding hydrogens is 418 g/mol. The van der Waals surface area contributed by atoms with Gasteiger partial charge in [-0.05, 0) is 24.6 Å². The molecule has 0 spiro atoms. The van der Waals surface area contributed by atoms with Crippen molar-refractivity contribution in [3.05, 3.63) is 18.2 Å². The van der Waals surface area contributed by atoms with E-state index in [4.69, 9.17) is 0 Å². The van der Waals surface area contributed by atoms with E-state index in [1.807, 2.05) is 13.8 Å². The third-order valence-electron chi connectivity index (χ3n) is 5.21. The number of unbranched alkanes of at least 4 members (excludes halogenated alkanes) is 7. The van der Waals surface area contributed by atoms with Gasteiger partial charge in [-0.1, -0.05) is 77.1 Å². The standard InChI is InChI=1S/C22H35N3O3S2/c1-4-7-8-9-10-11-12-13-14-21(26)24-22-23-19-16-15-18(17-20(19)29-22)30(27,28)25(5-2)6-3/h15-17H,4-14H2,1-3H3,(H,23,24,26). The van der Waals surface area contributed by atoms with Crippen LogP contribution in [0.15, 0.2) is 23.1 Å². The molecule has 0 fully saturated rings. The van der Waals surface area contributed by atoms with E-state index in [-0.39, 0.29) is 10.8 Å². The summed E-state index contributed by atoms with van der Waals surface area (Å²) in [4.78, 5) is 16.9. The van der Waals surface area contributed by atoms with Crippen LogP contribution in [-0.4, -0.2) is 36.7 Å². The number of rotatable bonds is 14. The predicted molar refractivity (Wildman–Crippen MR) is 126 cm³/mol. The van der Waals surface area contributed by atoms with Crippen LogP contribution in [-0.2, 0) is 14.8 Å². The topological polar surface area (TPSA) is 79.4 Å². The van der Waals surface area contributed by atoms with E-state index >= 15 is 0 Å². The normalized spacial score (nSPS) is 12.0. The highest BCUT2D eigenvalue weighted by molar-refractivity contribution is 7.89. The van der Waals surface area contributed by atoms with Gasteiger partial charge >= 0.3 is 0 Å². The van der Waals surface area contributed by atoms with Crippen LogP contribution < -0.4 is 5.32 Å². The van der Waals surface area contributed by atoms with Crippen LogP contribution in [0.3, 0.4) is 0 Å². The van der Waals surface area contributed by atoms with Crippen LogP contribution in [0.25, 0.3) is 10.2 Å². The molecular formula is C22H35N3O3S2. The fourth-order valence-electron chi connectivity index (χ4n) is 3.43. The summed E-state index contributed by atoms with van der Waals surface area (Å²) in [6.45, 7) is 6.73.